The SMILES string of the molecule is CCCCCCCCCCCCCCCC(=O)OCC(COP(=O)([O-])OCCNC(=O)CCCCC1SC[C@H]2[C@@H]1NC(=O)N2C(=O)O)OC(=O)CCCCCCCCCCCCCCC.[K+]. The Labute approximate surface area is 444 Å². The minimum Gasteiger partial charge on any atom is -0.756 e. The summed E-state index contributed by atoms with van der Waals surface area (Å²) in [4.78, 5) is 74.6. The predicted octanol–water partition coefficient (Wildman–Crippen LogP) is 8.14. The third-order valence-electron chi connectivity index (χ3n) is 12.3. The number of hydrogen-bond donors (Lipinski definition) is 3. The second-order valence-corrected chi connectivity index (χ2v) is 20.7. The fraction of sp³-hybridized carbons (Fsp3) is 0.896. The Hall–Kier alpha value is -0.754. The molecule has 0 radical (unpaired) electrons. The van der Waals surface area contributed by atoms with Crippen molar-refractivity contribution in [3.63, 3.8) is 0 Å². The first-order chi connectivity index (χ1) is 31.5. The van der Waals surface area contributed by atoms with E-state index < -0.39 is 44.6 Å². The fourth-order valence-corrected chi connectivity index (χ4v) is 10.8. The van der Waals surface area contributed by atoms with Gasteiger partial charge in [0.25, 0.3) is 7.82 Å². The van der Waals surface area contributed by atoms with Gasteiger partial charge in [-0.2, -0.15) is 11.8 Å². The van der Waals surface area contributed by atoms with Gasteiger partial charge in [0.05, 0.1) is 25.3 Å². The standard InChI is InChI=1S/C48H88N3O12PS.K/c1-3-5-7-9-11-13-15-17-19-21-23-25-27-33-44(53)60-37-40(63-45(54)34-28-26-24-22-20-18-16-14-12-10-8-6-4-2)38-62-64(58,59)61-36-35-49-43(52)32-30-29-31-42-46-41(39-65-42)51(48(56)57)47(55)50-46;/h40-42,46H,3-39H2,1-2H3,(H,49,52)(H,50,55)(H,56,57)(H,58,59);/q;+1/p-1/t40?,41-,42?,46-;/m0./s1. The Morgan fingerprint density at radius 1 is 0.712 bits per heavy atom. The second kappa shape index (κ2) is 40.9. The molecule has 0 aromatic rings. The number of nitrogens with one attached hydrogen (secondary N) is 2. The van der Waals surface area contributed by atoms with Gasteiger partial charge in [-0.1, -0.05) is 174 Å². The summed E-state index contributed by atoms with van der Waals surface area (Å²) in [5.74, 6) is -0.704. The Morgan fingerprint density at radius 2 is 1.18 bits per heavy atom. The molecule has 2 aliphatic rings. The number of hydrogen-bond acceptors (Lipinski definition) is 12. The molecule has 3 N–H and O–H groups in total. The summed E-state index contributed by atoms with van der Waals surface area (Å²) in [5, 5.41) is 14.8. The first-order valence-electron chi connectivity index (χ1n) is 25.6. The van der Waals surface area contributed by atoms with E-state index in [2.05, 4.69) is 24.5 Å². The molecule has 5 atom stereocenters. The van der Waals surface area contributed by atoms with Crippen molar-refractivity contribution < 1.29 is 108 Å². The molecule has 0 spiro atoms. The number of ether oxygens (including phenoxy) is 2. The Kier molecular flexibility index (Phi) is 39.2. The molecule has 2 saturated heterocycles. The largest absolute Gasteiger partial charge is 1.00 e. The molecule has 2 aliphatic heterocycles. The number of thioether (sulfide) groups is 1. The number of rotatable bonds is 43. The quantitative estimate of drug-likeness (QED) is 0.0173. The molecule has 0 aromatic carbocycles. The van der Waals surface area contributed by atoms with E-state index in [-0.39, 0.29) is 114 Å². The van der Waals surface area contributed by atoms with E-state index in [0.717, 1.165) is 43.4 Å². The zero-order chi connectivity index (χ0) is 47.4. The zero-order valence-electron chi connectivity index (χ0n) is 41.2. The van der Waals surface area contributed by atoms with Crippen molar-refractivity contribution in [3.05, 3.63) is 0 Å². The maximum absolute atomic E-state index is 12.8. The van der Waals surface area contributed by atoms with E-state index in [1.807, 2.05) is 0 Å². The van der Waals surface area contributed by atoms with E-state index in [1.165, 1.54) is 116 Å². The molecule has 2 fully saturated rings. The van der Waals surface area contributed by atoms with Gasteiger partial charge in [0.15, 0.2) is 6.10 Å². The van der Waals surface area contributed by atoms with Crippen molar-refractivity contribution in [2.24, 2.45) is 0 Å². The van der Waals surface area contributed by atoms with Gasteiger partial charge < -0.3 is 39.2 Å². The summed E-state index contributed by atoms with van der Waals surface area (Å²) < 4.78 is 33.6. The number of nitrogens with zero attached hydrogens (tertiary/aromatic N) is 1. The molecular formula is C48H87KN3O12PS. The second-order valence-electron chi connectivity index (χ2n) is 18.0. The maximum atomic E-state index is 12.8. The van der Waals surface area contributed by atoms with Crippen LogP contribution >= 0.6 is 19.6 Å². The predicted molar refractivity (Wildman–Crippen MR) is 255 cm³/mol. The third-order valence-corrected chi connectivity index (χ3v) is 14.7. The number of phosphoric acid groups is 1. The van der Waals surface area contributed by atoms with Crippen LogP contribution in [0.15, 0.2) is 0 Å². The topological polar surface area (TPSA) is 210 Å². The van der Waals surface area contributed by atoms with Crippen LogP contribution in [0.5, 0.6) is 0 Å². The van der Waals surface area contributed by atoms with Crippen molar-refractivity contribution >= 4 is 49.6 Å². The van der Waals surface area contributed by atoms with Crippen LogP contribution in [-0.2, 0) is 37.5 Å². The summed E-state index contributed by atoms with van der Waals surface area (Å²) in [5.41, 5.74) is 0. The summed E-state index contributed by atoms with van der Waals surface area (Å²) in [7, 11) is -4.86. The van der Waals surface area contributed by atoms with Gasteiger partial charge in [-0.3, -0.25) is 18.9 Å². The van der Waals surface area contributed by atoms with Crippen LogP contribution < -0.4 is 66.9 Å². The number of carboxylic acid groups (broad SMARTS) is 1. The van der Waals surface area contributed by atoms with Crippen molar-refractivity contribution in [3.8, 4) is 0 Å². The average Bonchev–Trinajstić information content (AvgIpc) is 3.82. The van der Waals surface area contributed by atoms with E-state index in [9.17, 15) is 38.5 Å². The van der Waals surface area contributed by atoms with E-state index in [4.69, 9.17) is 18.5 Å². The number of carbonyl (C=O) groups excluding carboxylic acids is 4. The van der Waals surface area contributed by atoms with Crippen molar-refractivity contribution in [2.75, 3.05) is 32.1 Å². The number of unbranched alkanes of at least 4 members (excludes halogenated alkanes) is 25. The molecule has 0 saturated carbocycles. The smallest absolute Gasteiger partial charge is 0.756 e. The summed E-state index contributed by atoms with van der Waals surface area (Å²) in [6.45, 7) is 3.10. The zero-order valence-corrected chi connectivity index (χ0v) is 46.0. The van der Waals surface area contributed by atoms with Gasteiger partial charge in [-0.05, 0) is 25.7 Å². The van der Waals surface area contributed by atoms with Crippen LogP contribution in [0.2, 0.25) is 0 Å². The van der Waals surface area contributed by atoms with E-state index in [1.54, 1.807) is 11.8 Å². The van der Waals surface area contributed by atoms with Gasteiger partial charge in [0, 0.05) is 36.8 Å². The number of fused-ring (bicyclic) bond motifs is 1. The van der Waals surface area contributed by atoms with Gasteiger partial charge in [-0.25, -0.2) is 14.5 Å². The molecular weight excluding hydrogens is 913 g/mol. The summed E-state index contributed by atoms with van der Waals surface area (Å²) in [6.07, 6.45) is 30.9. The molecule has 15 nitrogen and oxygen atoms in total. The van der Waals surface area contributed by atoms with Crippen LogP contribution in [0.25, 0.3) is 0 Å². The normalized spacial score (nSPS) is 18.0. The molecule has 0 aromatic heterocycles. The number of amides is 4. The van der Waals surface area contributed by atoms with Crippen molar-refractivity contribution in [1.29, 1.82) is 0 Å². The van der Waals surface area contributed by atoms with Crippen LogP contribution in [0, 0.1) is 0 Å². The maximum Gasteiger partial charge on any atom is 1.00 e. The van der Waals surface area contributed by atoms with E-state index >= 15 is 0 Å². The number of imide groups is 1. The first-order valence-corrected chi connectivity index (χ1v) is 28.1. The Morgan fingerprint density at radius 3 is 1.68 bits per heavy atom. The minimum absolute atomic E-state index is 0. The number of carbonyl (C=O) groups is 5. The van der Waals surface area contributed by atoms with Crippen molar-refractivity contribution in [2.45, 2.75) is 243 Å². The molecule has 4 amide bonds. The van der Waals surface area contributed by atoms with Gasteiger partial charge in [0.2, 0.25) is 5.91 Å². The van der Waals surface area contributed by atoms with Gasteiger partial charge in [-0.15, -0.1) is 0 Å². The van der Waals surface area contributed by atoms with Crippen LogP contribution in [0.3, 0.4) is 0 Å². The average molecular weight is 1000 g/mol. The third kappa shape index (κ3) is 31.5. The summed E-state index contributed by atoms with van der Waals surface area (Å²) >= 11 is 1.61. The van der Waals surface area contributed by atoms with E-state index in [0.29, 0.717) is 37.9 Å². The number of urea groups is 1. The number of phosphoric ester groups is 1. The van der Waals surface area contributed by atoms with Crippen molar-refractivity contribution in [1.82, 2.24) is 15.5 Å². The minimum atomic E-state index is -4.86. The first kappa shape index (κ1) is 63.3. The molecule has 378 valence electrons. The van der Waals surface area contributed by atoms with Crippen LogP contribution in [0.1, 0.15) is 219 Å². The molecule has 2 rings (SSSR count). The Bertz CT molecular complexity index is 1370. The number of esters is 2. The molecule has 0 bridgehead atoms. The van der Waals surface area contributed by atoms with Crippen LogP contribution in [-0.4, -0.2) is 95.5 Å². The van der Waals surface area contributed by atoms with Gasteiger partial charge >= 0.3 is 75.4 Å². The fourth-order valence-electron chi connectivity index (χ4n) is 8.43. The Balaban J connectivity index is 0.0000218. The monoisotopic (exact) mass is 1000 g/mol. The van der Waals surface area contributed by atoms with Gasteiger partial charge in [0.1, 0.15) is 6.61 Å². The molecule has 66 heavy (non-hydrogen) atoms. The molecule has 0 aliphatic carbocycles. The molecule has 2 heterocycles. The summed E-state index contributed by atoms with van der Waals surface area (Å²) in [6, 6.07) is -1.23. The molecule has 3 unspecified atom stereocenters. The van der Waals surface area contributed by atoms with Crippen LogP contribution in [0.4, 0.5) is 9.59 Å². The molecule has 18 heteroatoms.